The van der Waals surface area contributed by atoms with Crippen LogP contribution >= 0.6 is 0 Å². The third kappa shape index (κ3) is 6.41. The third-order valence-electron chi connectivity index (χ3n) is 4.77. The number of esters is 1. The van der Waals surface area contributed by atoms with Crippen molar-refractivity contribution in [2.24, 2.45) is 5.41 Å². The van der Waals surface area contributed by atoms with Gasteiger partial charge in [-0.25, -0.2) is 0 Å². The number of aliphatic hydroxyl groups is 1. The minimum atomic E-state index is -4.80. The summed E-state index contributed by atoms with van der Waals surface area (Å²) < 4.78 is 43.6. The topological polar surface area (TPSA) is 66.8 Å². The molecule has 0 aromatic heterocycles. The Morgan fingerprint density at radius 1 is 1.11 bits per heavy atom. The fourth-order valence-corrected chi connectivity index (χ4v) is 3.00. The van der Waals surface area contributed by atoms with Gasteiger partial charge in [0.15, 0.2) is 5.60 Å². The number of hydrogen-bond donors (Lipinski definition) is 2. The van der Waals surface area contributed by atoms with Crippen molar-refractivity contribution in [3.8, 4) is 5.75 Å². The van der Waals surface area contributed by atoms with Crippen LogP contribution in [0, 0.1) is 5.41 Å². The van der Waals surface area contributed by atoms with E-state index in [0.29, 0.717) is 13.3 Å². The maximum Gasteiger partial charge on any atom is 0.417 e. The Morgan fingerprint density at radius 2 is 1.63 bits per heavy atom. The van der Waals surface area contributed by atoms with Crippen LogP contribution in [0.2, 0.25) is 0 Å². The van der Waals surface area contributed by atoms with Crippen LogP contribution in [-0.4, -0.2) is 34.1 Å². The average molecular weight is 390 g/mol. The standard InChI is InChI=1S/C20H29F3O4/c1-6-14(15-7-9-16(24)10-8-15)12-18(3,4)17(25)27-13(2)11-19(5,26)20(21,22)23/h7-10,13-14,24,26H,6,11-12H2,1-5H3. The van der Waals surface area contributed by atoms with Gasteiger partial charge in [0, 0.05) is 6.42 Å². The van der Waals surface area contributed by atoms with Crippen LogP contribution in [0.3, 0.4) is 0 Å². The number of benzene rings is 1. The highest BCUT2D eigenvalue weighted by Crippen LogP contribution is 2.37. The van der Waals surface area contributed by atoms with Crippen LogP contribution in [0.5, 0.6) is 5.75 Å². The highest BCUT2D eigenvalue weighted by atomic mass is 19.4. The third-order valence-corrected chi connectivity index (χ3v) is 4.77. The van der Waals surface area contributed by atoms with E-state index in [-0.39, 0.29) is 11.7 Å². The number of phenols is 1. The summed E-state index contributed by atoms with van der Waals surface area (Å²) in [5.41, 5.74) is -2.88. The molecule has 0 fully saturated rings. The molecule has 0 aliphatic rings. The smallest absolute Gasteiger partial charge is 0.417 e. The highest BCUT2D eigenvalue weighted by molar-refractivity contribution is 5.76. The summed E-state index contributed by atoms with van der Waals surface area (Å²) in [6.45, 7) is 7.36. The molecule has 1 aromatic rings. The van der Waals surface area contributed by atoms with Crippen molar-refractivity contribution in [1.29, 1.82) is 0 Å². The molecule has 0 bridgehead atoms. The largest absolute Gasteiger partial charge is 0.508 e. The first-order valence-corrected chi connectivity index (χ1v) is 8.98. The number of halogens is 3. The van der Waals surface area contributed by atoms with E-state index in [0.717, 1.165) is 12.0 Å². The average Bonchev–Trinajstić information content (AvgIpc) is 2.51. The summed E-state index contributed by atoms with van der Waals surface area (Å²) in [6, 6.07) is 6.72. The molecule has 7 heteroatoms. The van der Waals surface area contributed by atoms with E-state index in [1.165, 1.54) is 6.92 Å². The van der Waals surface area contributed by atoms with Gasteiger partial charge in [-0.15, -0.1) is 0 Å². The second-order valence-corrected chi connectivity index (χ2v) is 7.98. The van der Waals surface area contributed by atoms with Gasteiger partial charge in [-0.2, -0.15) is 13.2 Å². The molecule has 0 spiro atoms. The van der Waals surface area contributed by atoms with Gasteiger partial charge in [-0.05, 0) is 64.2 Å². The molecule has 1 rings (SSSR count). The summed E-state index contributed by atoms with van der Waals surface area (Å²) >= 11 is 0. The van der Waals surface area contributed by atoms with Crippen LogP contribution in [-0.2, 0) is 9.53 Å². The molecule has 4 nitrogen and oxygen atoms in total. The predicted molar refractivity (Wildman–Crippen MR) is 96.4 cm³/mol. The normalized spacial score (nSPS) is 17.1. The van der Waals surface area contributed by atoms with Crippen molar-refractivity contribution in [2.45, 2.75) is 77.7 Å². The van der Waals surface area contributed by atoms with Crippen LogP contribution in [0.1, 0.15) is 65.4 Å². The lowest BCUT2D eigenvalue weighted by Gasteiger charge is -2.32. The number of carbonyl (C=O) groups is 1. The summed E-state index contributed by atoms with van der Waals surface area (Å²) in [6.07, 6.45) is -5.42. The van der Waals surface area contributed by atoms with E-state index < -0.39 is 35.7 Å². The zero-order valence-corrected chi connectivity index (χ0v) is 16.4. The molecule has 3 unspecified atom stereocenters. The van der Waals surface area contributed by atoms with Crippen LogP contribution in [0.25, 0.3) is 0 Å². The molecule has 0 aliphatic heterocycles. The second kappa shape index (κ2) is 8.50. The van der Waals surface area contributed by atoms with Crippen molar-refractivity contribution in [3.63, 3.8) is 0 Å². The summed E-state index contributed by atoms with van der Waals surface area (Å²) in [7, 11) is 0. The van der Waals surface area contributed by atoms with E-state index >= 15 is 0 Å². The molecule has 2 N–H and O–H groups in total. The molecule has 0 saturated heterocycles. The van der Waals surface area contributed by atoms with Gasteiger partial charge in [0.25, 0.3) is 0 Å². The maximum absolute atomic E-state index is 12.8. The lowest BCUT2D eigenvalue weighted by atomic mass is 9.78. The van der Waals surface area contributed by atoms with E-state index in [9.17, 15) is 28.2 Å². The first kappa shape index (κ1) is 23.3. The van der Waals surface area contributed by atoms with Crippen molar-refractivity contribution in [1.82, 2.24) is 0 Å². The Kier molecular flexibility index (Phi) is 7.33. The predicted octanol–water partition coefficient (Wildman–Crippen LogP) is 4.94. The zero-order chi connectivity index (χ0) is 21.0. The van der Waals surface area contributed by atoms with E-state index in [4.69, 9.17) is 4.74 Å². The van der Waals surface area contributed by atoms with Crippen molar-refractivity contribution in [2.75, 3.05) is 0 Å². The fraction of sp³-hybridized carbons (Fsp3) is 0.650. The highest BCUT2D eigenvalue weighted by Gasteiger charge is 2.51. The van der Waals surface area contributed by atoms with Gasteiger partial charge in [-0.3, -0.25) is 4.79 Å². The molecule has 0 aliphatic carbocycles. The Balaban J connectivity index is 2.78. The molecule has 154 valence electrons. The van der Waals surface area contributed by atoms with Crippen LogP contribution < -0.4 is 0 Å². The monoisotopic (exact) mass is 390 g/mol. The minimum Gasteiger partial charge on any atom is -0.508 e. The van der Waals surface area contributed by atoms with Gasteiger partial charge < -0.3 is 14.9 Å². The van der Waals surface area contributed by atoms with Gasteiger partial charge in [-0.1, -0.05) is 19.1 Å². The molecule has 3 atom stereocenters. The summed E-state index contributed by atoms with van der Waals surface area (Å²) in [5, 5.41) is 19.0. The molecule has 27 heavy (non-hydrogen) atoms. The number of ether oxygens (including phenoxy) is 1. The first-order valence-electron chi connectivity index (χ1n) is 8.98. The lowest BCUT2D eigenvalue weighted by molar-refractivity contribution is -0.261. The summed E-state index contributed by atoms with van der Waals surface area (Å²) in [5.74, 6) is -0.426. The fourth-order valence-electron chi connectivity index (χ4n) is 3.00. The van der Waals surface area contributed by atoms with Gasteiger partial charge in [0.05, 0.1) is 5.41 Å². The van der Waals surface area contributed by atoms with Crippen LogP contribution in [0.15, 0.2) is 24.3 Å². The number of alkyl halides is 3. The number of rotatable bonds is 8. The van der Waals surface area contributed by atoms with Gasteiger partial charge >= 0.3 is 12.1 Å². The van der Waals surface area contributed by atoms with Crippen molar-refractivity contribution in [3.05, 3.63) is 29.8 Å². The number of carbonyl (C=O) groups excluding carboxylic acids is 1. The van der Waals surface area contributed by atoms with Gasteiger partial charge in [0.2, 0.25) is 0 Å². The van der Waals surface area contributed by atoms with Crippen LogP contribution in [0.4, 0.5) is 13.2 Å². The van der Waals surface area contributed by atoms with E-state index in [2.05, 4.69) is 0 Å². The van der Waals surface area contributed by atoms with E-state index in [1.54, 1.807) is 38.1 Å². The molecule has 0 heterocycles. The zero-order valence-electron chi connectivity index (χ0n) is 16.4. The lowest BCUT2D eigenvalue weighted by Crippen LogP contribution is -2.45. The Hall–Kier alpha value is -1.76. The first-order chi connectivity index (χ1) is 12.2. The quantitative estimate of drug-likeness (QED) is 0.617. The SMILES string of the molecule is CCC(CC(C)(C)C(=O)OC(C)CC(C)(O)C(F)(F)F)c1ccc(O)cc1. The molecule has 1 aromatic carbocycles. The minimum absolute atomic E-state index is 0.0294. The maximum atomic E-state index is 12.8. The van der Waals surface area contributed by atoms with E-state index in [1.807, 2.05) is 6.92 Å². The van der Waals surface area contributed by atoms with Crippen molar-refractivity contribution < 1.29 is 32.9 Å². The number of hydrogen-bond acceptors (Lipinski definition) is 4. The Morgan fingerprint density at radius 3 is 2.07 bits per heavy atom. The number of aromatic hydroxyl groups is 1. The molecule has 0 radical (unpaired) electrons. The summed E-state index contributed by atoms with van der Waals surface area (Å²) in [4.78, 5) is 12.5. The Bertz CT molecular complexity index is 621. The second-order valence-electron chi connectivity index (χ2n) is 7.98. The molecular formula is C20H29F3O4. The molecule has 0 amide bonds. The molecular weight excluding hydrogens is 361 g/mol. The van der Waals surface area contributed by atoms with Crippen molar-refractivity contribution >= 4 is 5.97 Å². The number of phenolic OH excluding ortho intramolecular Hbond substituents is 1. The molecule has 0 saturated carbocycles. The Labute approximate surface area is 158 Å². The van der Waals surface area contributed by atoms with Gasteiger partial charge in [0.1, 0.15) is 11.9 Å².